The molecule has 0 aliphatic rings. The Hall–Kier alpha value is -3.51. The lowest BCUT2D eigenvalue weighted by atomic mass is 10.1. The molecule has 3 rings (SSSR count). The summed E-state index contributed by atoms with van der Waals surface area (Å²) >= 11 is 1.42. The molecule has 0 saturated carbocycles. The van der Waals surface area contributed by atoms with Crippen LogP contribution in [0.1, 0.15) is 28.5 Å². The molecule has 1 heterocycles. The van der Waals surface area contributed by atoms with Crippen molar-refractivity contribution >= 4 is 39.6 Å². The molecule has 0 saturated heterocycles. The maximum Gasteiger partial charge on any atom is 0.128 e. The van der Waals surface area contributed by atoms with Crippen LogP contribution >= 0.6 is 11.3 Å². The van der Waals surface area contributed by atoms with Gasteiger partial charge in [0.05, 0.1) is 26.8 Å². The smallest absolute Gasteiger partial charge is 0.128 e. The molecular formula is C24H29N5S. The van der Waals surface area contributed by atoms with Gasteiger partial charge in [-0.15, -0.1) is 11.3 Å². The first-order chi connectivity index (χ1) is 14.5. The van der Waals surface area contributed by atoms with E-state index in [9.17, 15) is 0 Å². The third-order valence-electron chi connectivity index (χ3n) is 4.33. The topological polar surface area (TPSA) is 88.5 Å². The summed E-state index contributed by atoms with van der Waals surface area (Å²) in [5, 5.41) is 0.630. The quantitative estimate of drug-likeness (QED) is 0.242. The van der Waals surface area contributed by atoms with Gasteiger partial charge in [0.15, 0.2) is 0 Å². The second kappa shape index (κ2) is 11.5. The minimum atomic E-state index is 0.425. The summed E-state index contributed by atoms with van der Waals surface area (Å²) in [4.78, 5) is 4.85. The van der Waals surface area contributed by atoms with Crippen LogP contribution in [0.4, 0.5) is 10.7 Å². The van der Waals surface area contributed by atoms with Crippen LogP contribution in [0.3, 0.4) is 0 Å². The molecule has 0 atom stereocenters. The Balaban J connectivity index is 0.000000269. The van der Waals surface area contributed by atoms with E-state index in [0.29, 0.717) is 10.8 Å². The molecule has 30 heavy (non-hydrogen) atoms. The van der Waals surface area contributed by atoms with Crippen molar-refractivity contribution in [1.82, 2.24) is 5.43 Å². The van der Waals surface area contributed by atoms with Gasteiger partial charge in [0, 0.05) is 7.05 Å². The van der Waals surface area contributed by atoms with Gasteiger partial charge in [0.1, 0.15) is 5.84 Å². The van der Waals surface area contributed by atoms with Crippen LogP contribution in [0.25, 0.3) is 11.8 Å². The summed E-state index contributed by atoms with van der Waals surface area (Å²) in [6, 6.07) is 20.1. The van der Waals surface area contributed by atoms with Crippen molar-refractivity contribution < 1.29 is 0 Å². The Morgan fingerprint density at radius 3 is 2.37 bits per heavy atom. The van der Waals surface area contributed by atoms with Crippen LogP contribution in [0, 0.1) is 0 Å². The van der Waals surface area contributed by atoms with Crippen LogP contribution in [-0.2, 0) is 6.42 Å². The fourth-order valence-electron chi connectivity index (χ4n) is 2.49. The molecule has 0 amide bonds. The number of thiophene rings is 1. The fourth-order valence-corrected chi connectivity index (χ4v) is 3.36. The summed E-state index contributed by atoms with van der Waals surface area (Å²) < 4.78 is 0. The maximum atomic E-state index is 5.93. The summed E-state index contributed by atoms with van der Waals surface area (Å²) in [7, 11) is 1.64. The normalized spacial score (nSPS) is 10.5. The molecule has 0 spiro atoms. The van der Waals surface area contributed by atoms with E-state index >= 15 is 0 Å². The molecule has 0 aliphatic heterocycles. The first-order valence-electron chi connectivity index (χ1n) is 9.58. The number of hydrogen-bond donors (Lipinski definition) is 4. The van der Waals surface area contributed by atoms with E-state index in [4.69, 9.17) is 11.5 Å². The molecule has 1 aromatic heterocycles. The Bertz CT molecular complexity index is 988. The summed E-state index contributed by atoms with van der Waals surface area (Å²) in [6.07, 6.45) is 2.97. The van der Waals surface area contributed by atoms with Crippen LogP contribution in [0.5, 0.6) is 0 Å². The number of aryl methyl sites for hydroxylation is 1. The van der Waals surface area contributed by atoms with E-state index in [0.717, 1.165) is 28.2 Å². The van der Waals surface area contributed by atoms with Gasteiger partial charge in [-0.2, -0.15) is 0 Å². The predicted molar refractivity (Wildman–Crippen MR) is 134 cm³/mol. The Kier molecular flexibility index (Phi) is 8.72. The minimum absolute atomic E-state index is 0.425. The molecule has 0 bridgehead atoms. The number of benzene rings is 2. The number of aliphatic imine (C=N–C) groups is 1. The number of hydrazine groups is 1. The first kappa shape index (κ1) is 22.8. The van der Waals surface area contributed by atoms with Crippen molar-refractivity contribution in [3.63, 3.8) is 0 Å². The van der Waals surface area contributed by atoms with Crippen molar-refractivity contribution in [2.75, 3.05) is 18.2 Å². The second-order valence-corrected chi connectivity index (χ2v) is 7.48. The number of nitrogen functional groups attached to an aromatic ring is 1. The van der Waals surface area contributed by atoms with Crippen molar-refractivity contribution in [3.05, 3.63) is 95.4 Å². The van der Waals surface area contributed by atoms with Gasteiger partial charge in [-0.3, -0.25) is 4.99 Å². The molecular weight excluding hydrogens is 390 g/mol. The Morgan fingerprint density at radius 2 is 1.80 bits per heavy atom. The lowest BCUT2D eigenvalue weighted by Crippen LogP contribution is -2.18. The number of amidine groups is 1. The molecule has 0 unspecified atom stereocenters. The number of hydrogen-bond acceptors (Lipinski definition) is 5. The van der Waals surface area contributed by atoms with Gasteiger partial charge in [-0.1, -0.05) is 68.6 Å². The van der Waals surface area contributed by atoms with Gasteiger partial charge in [0.25, 0.3) is 0 Å². The zero-order chi connectivity index (χ0) is 21.9. The number of nitrogens with one attached hydrogen (secondary N) is 2. The molecule has 0 fully saturated rings. The van der Waals surface area contributed by atoms with Crippen molar-refractivity contribution in [2.24, 2.45) is 10.7 Å². The third-order valence-corrected chi connectivity index (χ3v) is 5.35. The minimum Gasteiger partial charge on any atom is -0.390 e. The average molecular weight is 420 g/mol. The number of nitrogens with zero attached hydrogens (tertiary/aromatic N) is 1. The maximum absolute atomic E-state index is 5.93. The van der Waals surface area contributed by atoms with E-state index in [1.54, 1.807) is 7.05 Å². The molecule has 6 N–H and O–H groups in total. The van der Waals surface area contributed by atoms with Gasteiger partial charge in [-0.05, 0) is 35.7 Å². The highest BCUT2D eigenvalue weighted by Crippen LogP contribution is 2.28. The fraction of sp³-hybridized carbons (Fsp3) is 0.125. The number of rotatable bonds is 7. The van der Waals surface area contributed by atoms with Crippen LogP contribution in [0.15, 0.2) is 78.8 Å². The molecule has 0 aliphatic carbocycles. The van der Waals surface area contributed by atoms with E-state index in [-0.39, 0.29) is 0 Å². The number of anilines is 2. The average Bonchev–Trinajstić information content (AvgIpc) is 3.19. The van der Waals surface area contributed by atoms with E-state index in [2.05, 4.69) is 60.2 Å². The highest BCUT2D eigenvalue weighted by Gasteiger charge is 2.11. The molecule has 3 aromatic rings. The van der Waals surface area contributed by atoms with Crippen molar-refractivity contribution in [1.29, 1.82) is 0 Å². The lowest BCUT2D eigenvalue weighted by Gasteiger charge is -2.10. The molecule has 6 heteroatoms. The van der Waals surface area contributed by atoms with Gasteiger partial charge < -0.3 is 22.3 Å². The van der Waals surface area contributed by atoms with Crippen LogP contribution in [-0.4, -0.2) is 12.9 Å². The molecule has 0 radical (unpaired) electrons. The largest absolute Gasteiger partial charge is 0.390 e. The number of nitrogens with two attached hydrogens (primary N) is 2. The van der Waals surface area contributed by atoms with E-state index < -0.39 is 0 Å². The monoisotopic (exact) mass is 419 g/mol. The molecule has 5 nitrogen and oxygen atoms in total. The highest BCUT2D eigenvalue weighted by molar-refractivity contribution is 7.17. The van der Waals surface area contributed by atoms with E-state index in [1.807, 2.05) is 42.5 Å². The summed E-state index contributed by atoms with van der Waals surface area (Å²) in [5.74, 6) is 0.425. The zero-order valence-corrected chi connectivity index (χ0v) is 18.3. The van der Waals surface area contributed by atoms with Gasteiger partial charge in [-0.25, -0.2) is 0 Å². The van der Waals surface area contributed by atoms with Crippen LogP contribution in [0.2, 0.25) is 0 Å². The lowest BCUT2D eigenvalue weighted by molar-refractivity contribution is 1.09. The highest BCUT2D eigenvalue weighted by atomic mass is 32.1. The number of para-hydroxylation sites is 1. The van der Waals surface area contributed by atoms with Crippen molar-refractivity contribution in [3.8, 4) is 0 Å². The van der Waals surface area contributed by atoms with Crippen molar-refractivity contribution in [2.45, 2.75) is 13.3 Å². The third kappa shape index (κ3) is 6.53. The van der Waals surface area contributed by atoms with Gasteiger partial charge in [0.2, 0.25) is 0 Å². The zero-order valence-electron chi connectivity index (χ0n) is 17.5. The van der Waals surface area contributed by atoms with Crippen LogP contribution < -0.4 is 22.3 Å². The second-order valence-electron chi connectivity index (χ2n) is 6.39. The summed E-state index contributed by atoms with van der Waals surface area (Å²) in [5.41, 5.74) is 22.8. The SMILES string of the molecule is C=C(NNc1ccccc1)c1cc(C(N)=NC)c(N)s1.C=Cc1ccc(CC)cc1. The predicted octanol–water partition coefficient (Wildman–Crippen LogP) is 5.14. The standard InChI is InChI=1S/C14H17N5S.C10H12/c1-9(18-19-10-6-4-3-5-7-10)12-8-11(13(15)17-2)14(16)20-12;1-3-9-5-7-10(4-2)8-6-9/h3-8,18-19H,1,16H2,2H3,(H2,15,17);3,5-8H,1,4H2,2H3. The Labute approximate surface area is 182 Å². The molecule has 2 aromatic carbocycles. The Morgan fingerprint density at radius 1 is 1.13 bits per heavy atom. The molecule has 156 valence electrons. The van der Waals surface area contributed by atoms with E-state index in [1.165, 1.54) is 22.5 Å². The summed E-state index contributed by atoms with van der Waals surface area (Å²) in [6.45, 7) is 9.82. The van der Waals surface area contributed by atoms with Gasteiger partial charge >= 0.3 is 0 Å². The first-order valence-corrected chi connectivity index (χ1v) is 10.4.